The van der Waals surface area contributed by atoms with Crippen molar-refractivity contribution in [3.05, 3.63) is 23.8 Å². The molecule has 3 N–H and O–H groups in total. The van der Waals surface area contributed by atoms with Gasteiger partial charge in [0, 0.05) is 12.7 Å². The molecule has 0 aromatic heterocycles. The van der Waals surface area contributed by atoms with Crippen molar-refractivity contribution in [1.29, 1.82) is 0 Å². The first-order valence-corrected chi connectivity index (χ1v) is 5.30. The van der Waals surface area contributed by atoms with Gasteiger partial charge in [-0.2, -0.15) is 0 Å². The van der Waals surface area contributed by atoms with E-state index in [-0.39, 0.29) is 11.1 Å². The van der Waals surface area contributed by atoms with Crippen molar-refractivity contribution in [3.8, 4) is 0 Å². The van der Waals surface area contributed by atoms with E-state index in [1.807, 2.05) is 13.8 Å². The molecule has 0 spiro atoms. The summed E-state index contributed by atoms with van der Waals surface area (Å²) in [6.07, 6.45) is -2.50. The first kappa shape index (κ1) is 13.7. The number of anilines is 2. The number of nitrogen functional groups attached to an aromatic ring is 1. The van der Waals surface area contributed by atoms with Crippen LogP contribution in [0.25, 0.3) is 0 Å². The average molecular weight is 244 g/mol. The maximum atomic E-state index is 12.4. The van der Waals surface area contributed by atoms with Crippen LogP contribution in [0.2, 0.25) is 0 Å². The van der Waals surface area contributed by atoms with Gasteiger partial charge in [0.05, 0.1) is 23.5 Å². The summed E-state index contributed by atoms with van der Waals surface area (Å²) in [6, 6.07) is 4.22. The van der Waals surface area contributed by atoms with Crippen molar-refractivity contribution in [2.45, 2.75) is 25.8 Å². The lowest BCUT2D eigenvalue weighted by Gasteiger charge is -2.27. The number of methoxy groups -OCH3 is 1. The van der Waals surface area contributed by atoms with Gasteiger partial charge in [-0.05, 0) is 26.0 Å². The second-order valence-electron chi connectivity index (χ2n) is 4.59. The van der Waals surface area contributed by atoms with Gasteiger partial charge in [0.1, 0.15) is 0 Å². The van der Waals surface area contributed by atoms with Crippen LogP contribution in [-0.2, 0) is 4.74 Å². The predicted molar refractivity (Wildman–Crippen MR) is 65.4 cm³/mol. The molecule has 3 nitrogen and oxygen atoms in total. The molecule has 0 radical (unpaired) electrons. The van der Waals surface area contributed by atoms with Gasteiger partial charge < -0.3 is 15.8 Å². The van der Waals surface area contributed by atoms with Gasteiger partial charge in [-0.25, -0.2) is 8.78 Å². The molecule has 0 aliphatic heterocycles. The van der Waals surface area contributed by atoms with Gasteiger partial charge in [-0.3, -0.25) is 0 Å². The van der Waals surface area contributed by atoms with E-state index in [1.54, 1.807) is 13.2 Å². The van der Waals surface area contributed by atoms with Crippen molar-refractivity contribution in [3.63, 3.8) is 0 Å². The molecule has 1 aromatic rings. The van der Waals surface area contributed by atoms with Crippen molar-refractivity contribution in [2.75, 3.05) is 24.8 Å². The molecule has 1 aromatic carbocycles. The molecule has 0 saturated carbocycles. The molecule has 1 rings (SSSR count). The van der Waals surface area contributed by atoms with Crippen LogP contribution in [0.15, 0.2) is 18.2 Å². The number of benzene rings is 1. The maximum absolute atomic E-state index is 12.4. The fourth-order valence-electron chi connectivity index (χ4n) is 1.59. The van der Waals surface area contributed by atoms with Gasteiger partial charge in [0.2, 0.25) is 0 Å². The lowest BCUT2D eigenvalue weighted by molar-refractivity contribution is 0.151. The van der Waals surface area contributed by atoms with E-state index in [1.165, 1.54) is 12.1 Å². The predicted octanol–water partition coefficient (Wildman–Crippen LogP) is 3.04. The Labute approximate surface area is 100.0 Å². The molecular formula is C12H18F2N2O. The van der Waals surface area contributed by atoms with E-state index < -0.39 is 6.43 Å². The van der Waals surface area contributed by atoms with Crippen LogP contribution in [0.4, 0.5) is 20.2 Å². The van der Waals surface area contributed by atoms with Gasteiger partial charge in [-0.1, -0.05) is 6.07 Å². The number of alkyl halides is 2. The third kappa shape index (κ3) is 3.85. The highest BCUT2D eigenvalue weighted by Gasteiger charge is 2.18. The van der Waals surface area contributed by atoms with Crippen LogP contribution in [0.3, 0.4) is 0 Å². The minimum atomic E-state index is -2.50. The minimum Gasteiger partial charge on any atom is -0.397 e. The zero-order chi connectivity index (χ0) is 13.1. The number of nitrogens with one attached hydrogen (secondary N) is 1. The Hall–Kier alpha value is -1.36. The molecule has 0 heterocycles. The second-order valence-corrected chi connectivity index (χ2v) is 4.59. The van der Waals surface area contributed by atoms with E-state index in [4.69, 9.17) is 10.5 Å². The highest BCUT2D eigenvalue weighted by atomic mass is 19.3. The molecule has 17 heavy (non-hydrogen) atoms. The molecular weight excluding hydrogens is 226 g/mol. The molecule has 0 fully saturated rings. The van der Waals surface area contributed by atoms with E-state index in [9.17, 15) is 8.78 Å². The Balaban J connectivity index is 2.86. The lowest BCUT2D eigenvalue weighted by atomic mass is 10.1. The summed E-state index contributed by atoms with van der Waals surface area (Å²) in [5.41, 5.74) is 6.29. The van der Waals surface area contributed by atoms with E-state index in [2.05, 4.69) is 5.32 Å². The normalized spacial score (nSPS) is 11.9. The van der Waals surface area contributed by atoms with Gasteiger partial charge in [-0.15, -0.1) is 0 Å². The quantitative estimate of drug-likeness (QED) is 0.783. The molecule has 0 amide bonds. The summed E-state index contributed by atoms with van der Waals surface area (Å²) < 4.78 is 29.9. The molecule has 0 aliphatic rings. The highest BCUT2D eigenvalue weighted by molar-refractivity contribution is 5.68. The average Bonchev–Trinajstić information content (AvgIpc) is 2.20. The summed E-state index contributed by atoms with van der Waals surface area (Å²) in [6.45, 7) is 4.37. The van der Waals surface area contributed by atoms with Crippen LogP contribution in [0.1, 0.15) is 25.8 Å². The third-order valence-corrected chi connectivity index (χ3v) is 2.31. The Kier molecular flexibility index (Phi) is 4.28. The SMILES string of the molecule is COCC(C)(C)Nc1ccc(C(F)F)cc1N. The zero-order valence-corrected chi connectivity index (χ0v) is 10.3. The molecule has 0 aliphatic carbocycles. The van der Waals surface area contributed by atoms with Crippen molar-refractivity contribution < 1.29 is 13.5 Å². The smallest absolute Gasteiger partial charge is 0.263 e. The summed E-state index contributed by atoms with van der Waals surface area (Å²) in [7, 11) is 1.60. The number of halogens is 2. The van der Waals surface area contributed by atoms with Gasteiger partial charge >= 0.3 is 0 Å². The lowest BCUT2D eigenvalue weighted by Crippen LogP contribution is -2.36. The van der Waals surface area contributed by atoms with Gasteiger partial charge in [0.25, 0.3) is 6.43 Å². The largest absolute Gasteiger partial charge is 0.397 e. The Morgan fingerprint density at radius 1 is 1.41 bits per heavy atom. The summed E-state index contributed by atoms with van der Waals surface area (Å²) in [4.78, 5) is 0. The Bertz CT molecular complexity index is 381. The van der Waals surface area contributed by atoms with Crippen LogP contribution in [0.5, 0.6) is 0 Å². The second kappa shape index (κ2) is 5.31. The summed E-state index contributed by atoms with van der Waals surface area (Å²) in [5, 5.41) is 3.16. The standard InChI is InChI=1S/C12H18F2N2O/c1-12(2,7-17-3)16-10-5-4-8(11(13)14)6-9(10)15/h4-6,11,16H,7,15H2,1-3H3. The van der Waals surface area contributed by atoms with E-state index in [0.29, 0.717) is 18.0 Å². The molecule has 0 atom stereocenters. The minimum absolute atomic E-state index is 0.0717. The number of rotatable bonds is 5. The topological polar surface area (TPSA) is 47.3 Å². The monoisotopic (exact) mass is 244 g/mol. The van der Waals surface area contributed by atoms with Crippen LogP contribution in [0, 0.1) is 0 Å². The van der Waals surface area contributed by atoms with Crippen molar-refractivity contribution in [2.24, 2.45) is 0 Å². The van der Waals surface area contributed by atoms with Crippen LogP contribution < -0.4 is 11.1 Å². The molecule has 96 valence electrons. The molecule has 5 heteroatoms. The molecule has 0 unspecified atom stereocenters. The number of hydrogen-bond donors (Lipinski definition) is 2. The van der Waals surface area contributed by atoms with Crippen LogP contribution >= 0.6 is 0 Å². The summed E-state index contributed by atoms with van der Waals surface area (Å²) >= 11 is 0. The molecule has 0 saturated heterocycles. The summed E-state index contributed by atoms with van der Waals surface area (Å²) in [5.74, 6) is 0. The third-order valence-electron chi connectivity index (χ3n) is 2.31. The van der Waals surface area contributed by atoms with Crippen molar-refractivity contribution >= 4 is 11.4 Å². The van der Waals surface area contributed by atoms with E-state index >= 15 is 0 Å². The maximum Gasteiger partial charge on any atom is 0.263 e. The number of ether oxygens (including phenoxy) is 1. The fourth-order valence-corrected chi connectivity index (χ4v) is 1.59. The highest BCUT2D eigenvalue weighted by Crippen LogP contribution is 2.28. The molecule has 0 bridgehead atoms. The zero-order valence-electron chi connectivity index (χ0n) is 10.3. The van der Waals surface area contributed by atoms with E-state index in [0.717, 1.165) is 0 Å². The van der Waals surface area contributed by atoms with Crippen LogP contribution in [-0.4, -0.2) is 19.3 Å². The first-order valence-electron chi connectivity index (χ1n) is 5.30. The Morgan fingerprint density at radius 3 is 2.53 bits per heavy atom. The number of hydrogen-bond acceptors (Lipinski definition) is 3. The fraction of sp³-hybridized carbons (Fsp3) is 0.500. The number of nitrogens with two attached hydrogens (primary N) is 1. The first-order chi connectivity index (χ1) is 7.85. The van der Waals surface area contributed by atoms with Crippen molar-refractivity contribution in [1.82, 2.24) is 0 Å². The van der Waals surface area contributed by atoms with Gasteiger partial charge in [0.15, 0.2) is 0 Å². The Morgan fingerprint density at radius 2 is 2.06 bits per heavy atom.